The highest BCUT2D eigenvalue weighted by Gasteiger charge is 2.18. The molecule has 0 fully saturated rings. The van der Waals surface area contributed by atoms with Crippen LogP contribution in [0.1, 0.15) is 24.1 Å². The molecule has 7 nitrogen and oxygen atoms in total. The van der Waals surface area contributed by atoms with Gasteiger partial charge in [0.05, 0.1) is 18.6 Å². The molecule has 0 saturated carbocycles. The Labute approximate surface area is 146 Å². The molecule has 0 heterocycles. The van der Waals surface area contributed by atoms with E-state index in [1.807, 2.05) is 37.3 Å². The van der Waals surface area contributed by atoms with Crippen molar-refractivity contribution >= 4 is 17.3 Å². The fraction of sp³-hybridized carbons (Fsp3) is 0.278. The second kappa shape index (κ2) is 8.25. The van der Waals surface area contributed by atoms with Gasteiger partial charge >= 0.3 is 5.69 Å². The van der Waals surface area contributed by atoms with Crippen molar-refractivity contribution < 1.29 is 14.5 Å². The lowest BCUT2D eigenvalue weighted by Gasteiger charge is -2.15. The molecular formula is C18H21N3O4. The first kappa shape index (κ1) is 18.4. The predicted molar refractivity (Wildman–Crippen MR) is 95.9 cm³/mol. The summed E-state index contributed by atoms with van der Waals surface area (Å²) < 4.78 is 5.03. The van der Waals surface area contributed by atoms with Gasteiger partial charge in [-0.15, -0.1) is 0 Å². The number of nitro groups is 1. The zero-order valence-electron chi connectivity index (χ0n) is 14.4. The van der Waals surface area contributed by atoms with Crippen LogP contribution in [0.2, 0.25) is 0 Å². The van der Waals surface area contributed by atoms with Gasteiger partial charge in [0.15, 0.2) is 5.75 Å². The number of nitrogens with zero attached hydrogens (tertiary/aromatic N) is 1. The number of carbonyl (C=O) groups excluding carboxylic acids is 1. The second-order valence-corrected chi connectivity index (χ2v) is 5.66. The quantitative estimate of drug-likeness (QED) is 0.595. The van der Waals surface area contributed by atoms with E-state index >= 15 is 0 Å². The van der Waals surface area contributed by atoms with Crippen LogP contribution in [0.4, 0.5) is 11.4 Å². The zero-order valence-corrected chi connectivity index (χ0v) is 14.4. The van der Waals surface area contributed by atoms with E-state index in [-0.39, 0.29) is 29.9 Å². The average Bonchev–Trinajstić information content (AvgIpc) is 2.61. The van der Waals surface area contributed by atoms with Gasteiger partial charge in [-0.2, -0.15) is 0 Å². The fourth-order valence-corrected chi connectivity index (χ4v) is 2.41. The van der Waals surface area contributed by atoms with Crippen molar-refractivity contribution in [3.63, 3.8) is 0 Å². The lowest BCUT2D eigenvalue weighted by Crippen LogP contribution is -2.30. The molecule has 2 N–H and O–H groups in total. The number of amides is 1. The van der Waals surface area contributed by atoms with Crippen molar-refractivity contribution in [2.24, 2.45) is 0 Å². The molecule has 0 aliphatic heterocycles. The number of hydrogen-bond acceptors (Lipinski definition) is 5. The number of hydrogen-bond donors (Lipinski definition) is 2. The average molecular weight is 343 g/mol. The minimum Gasteiger partial charge on any atom is -0.490 e. The number of methoxy groups -OCH3 is 1. The van der Waals surface area contributed by atoms with Crippen LogP contribution in [0.5, 0.6) is 5.75 Å². The van der Waals surface area contributed by atoms with Crippen LogP contribution in [0.15, 0.2) is 42.5 Å². The van der Waals surface area contributed by atoms with Gasteiger partial charge in [-0.25, -0.2) is 0 Å². The van der Waals surface area contributed by atoms with Crippen molar-refractivity contribution in [1.82, 2.24) is 5.32 Å². The highest BCUT2D eigenvalue weighted by molar-refractivity contribution is 5.93. The summed E-state index contributed by atoms with van der Waals surface area (Å²) in [5.41, 5.74) is 2.04. The Hall–Kier alpha value is -2.93. The third kappa shape index (κ3) is 4.77. The van der Waals surface area contributed by atoms with Crippen LogP contribution in [-0.4, -0.2) is 24.5 Å². The molecule has 2 rings (SSSR count). The maximum atomic E-state index is 12.2. The van der Waals surface area contributed by atoms with Crippen LogP contribution < -0.4 is 15.4 Å². The molecule has 0 aromatic heterocycles. The number of rotatable bonds is 7. The zero-order chi connectivity index (χ0) is 18.4. The summed E-state index contributed by atoms with van der Waals surface area (Å²) >= 11 is 0. The van der Waals surface area contributed by atoms with Crippen LogP contribution in [0, 0.1) is 17.0 Å². The molecule has 0 aliphatic rings. The molecule has 0 unspecified atom stereocenters. The largest absolute Gasteiger partial charge is 0.490 e. The first-order valence-corrected chi connectivity index (χ1v) is 7.83. The van der Waals surface area contributed by atoms with E-state index in [9.17, 15) is 14.9 Å². The Kier molecular flexibility index (Phi) is 6.08. The summed E-state index contributed by atoms with van der Waals surface area (Å²) in [7, 11) is 1.35. The van der Waals surface area contributed by atoms with Crippen LogP contribution >= 0.6 is 0 Å². The summed E-state index contributed by atoms with van der Waals surface area (Å²) in [6.45, 7) is 3.79. The van der Waals surface area contributed by atoms with Crippen LogP contribution in [0.3, 0.4) is 0 Å². The summed E-state index contributed by atoms with van der Waals surface area (Å²) in [5, 5.41) is 16.9. The molecule has 0 bridgehead atoms. The van der Waals surface area contributed by atoms with E-state index in [1.54, 1.807) is 6.92 Å². The van der Waals surface area contributed by atoms with E-state index in [0.717, 1.165) is 5.56 Å². The monoisotopic (exact) mass is 343 g/mol. The molecule has 7 heteroatoms. The number of nitro benzene ring substituents is 1. The Morgan fingerprint density at radius 3 is 2.56 bits per heavy atom. The number of benzene rings is 2. The number of carbonyl (C=O) groups is 1. The number of nitrogens with one attached hydrogen (secondary N) is 2. The molecule has 0 spiro atoms. The first-order chi connectivity index (χ1) is 11.9. The smallest absolute Gasteiger partial charge is 0.311 e. The number of ether oxygens (including phenoxy) is 1. The van der Waals surface area contributed by atoms with E-state index in [1.165, 1.54) is 19.2 Å². The van der Waals surface area contributed by atoms with Gasteiger partial charge in [-0.3, -0.25) is 14.9 Å². The van der Waals surface area contributed by atoms with Crippen molar-refractivity contribution in [3.05, 3.63) is 63.7 Å². The number of anilines is 1. The van der Waals surface area contributed by atoms with Crippen LogP contribution in [-0.2, 0) is 4.79 Å². The van der Waals surface area contributed by atoms with Crippen molar-refractivity contribution in [2.45, 2.75) is 19.9 Å². The predicted octanol–water partition coefficient (Wildman–Crippen LogP) is 3.20. The molecule has 132 valence electrons. The van der Waals surface area contributed by atoms with Crippen molar-refractivity contribution in [3.8, 4) is 5.75 Å². The topological polar surface area (TPSA) is 93.5 Å². The minimum absolute atomic E-state index is 0.0273. The van der Waals surface area contributed by atoms with Gasteiger partial charge in [0.25, 0.3) is 0 Å². The molecule has 0 radical (unpaired) electrons. The van der Waals surface area contributed by atoms with Crippen LogP contribution in [0.25, 0.3) is 0 Å². The SMILES string of the molecule is COc1cc(NC(=O)CN[C@H](C)c2ccccc2)c(C)cc1[N+](=O)[O-]. The van der Waals surface area contributed by atoms with Crippen molar-refractivity contribution in [2.75, 3.05) is 19.0 Å². The molecule has 0 saturated heterocycles. The lowest BCUT2D eigenvalue weighted by atomic mass is 10.1. The van der Waals surface area contributed by atoms with Gasteiger partial charge in [-0.05, 0) is 25.0 Å². The molecule has 2 aromatic rings. The van der Waals surface area contributed by atoms with E-state index in [4.69, 9.17) is 4.74 Å². The lowest BCUT2D eigenvalue weighted by molar-refractivity contribution is -0.385. The Balaban J connectivity index is 2.02. The third-order valence-electron chi connectivity index (χ3n) is 3.87. The van der Waals surface area contributed by atoms with Gasteiger partial charge in [-0.1, -0.05) is 30.3 Å². The highest BCUT2D eigenvalue weighted by atomic mass is 16.6. The molecule has 0 aliphatic carbocycles. The Bertz CT molecular complexity index is 762. The Morgan fingerprint density at radius 1 is 1.28 bits per heavy atom. The second-order valence-electron chi connectivity index (χ2n) is 5.66. The maximum Gasteiger partial charge on any atom is 0.311 e. The molecule has 2 aromatic carbocycles. The standard InChI is InChI=1S/C18H21N3O4/c1-12-9-16(21(23)24)17(25-3)10-15(12)20-18(22)11-19-13(2)14-7-5-4-6-8-14/h4-10,13,19H,11H2,1-3H3,(H,20,22)/t13-/m1/s1. The fourth-order valence-electron chi connectivity index (χ4n) is 2.41. The van der Waals surface area contributed by atoms with E-state index in [2.05, 4.69) is 10.6 Å². The number of aryl methyl sites for hydroxylation is 1. The van der Waals surface area contributed by atoms with Gasteiger partial charge < -0.3 is 15.4 Å². The van der Waals surface area contributed by atoms with Gasteiger partial charge in [0.2, 0.25) is 5.91 Å². The van der Waals surface area contributed by atoms with Gasteiger partial charge in [0.1, 0.15) is 0 Å². The molecule has 25 heavy (non-hydrogen) atoms. The summed E-state index contributed by atoms with van der Waals surface area (Å²) in [4.78, 5) is 22.7. The van der Waals surface area contributed by atoms with Crippen molar-refractivity contribution in [1.29, 1.82) is 0 Å². The highest BCUT2D eigenvalue weighted by Crippen LogP contribution is 2.32. The summed E-state index contributed by atoms with van der Waals surface area (Å²) in [6.07, 6.45) is 0. The third-order valence-corrected chi connectivity index (χ3v) is 3.87. The normalized spacial score (nSPS) is 11.6. The van der Waals surface area contributed by atoms with E-state index in [0.29, 0.717) is 11.3 Å². The molecule has 1 atom stereocenters. The minimum atomic E-state index is -0.513. The molecule has 1 amide bonds. The maximum absolute atomic E-state index is 12.2. The summed E-state index contributed by atoms with van der Waals surface area (Å²) in [5.74, 6) is -0.127. The van der Waals surface area contributed by atoms with E-state index < -0.39 is 4.92 Å². The first-order valence-electron chi connectivity index (χ1n) is 7.83. The van der Waals surface area contributed by atoms with Gasteiger partial charge in [0, 0.05) is 23.9 Å². The molecular weight excluding hydrogens is 322 g/mol. The summed E-state index contributed by atoms with van der Waals surface area (Å²) in [6, 6.07) is 12.7. The Morgan fingerprint density at radius 2 is 1.96 bits per heavy atom.